The number of hydrogen-bond acceptors (Lipinski definition) is 4. The molecule has 0 aliphatic rings. The summed E-state index contributed by atoms with van der Waals surface area (Å²) >= 11 is 0. The van der Waals surface area contributed by atoms with Gasteiger partial charge in [-0.15, -0.1) is 11.8 Å². The molecule has 0 unspecified atom stereocenters. The quantitative estimate of drug-likeness (QED) is 0.310. The Hall–Kier alpha value is -3.13. The number of nitrogens with zero attached hydrogens (tertiary/aromatic N) is 1. The molecule has 0 atom stereocenters. The zero-order chi connectivity index (χ0) is 20.7. The number of carbonyl (C=O) groups excluding carboxylic acids is 1. The maximum absolute atomic E-state index is 11.9. The largest absolute Gasteiger partial charge is 0.481 e. The number of aryl methyl sites for hydroxylation is 1. The van der Waals surface area contributed by atoms with Gasteiger partial charge in [-0.25, -0.2) is 0 Å². The summed E-state index contributed by atoms with van der Waals surface area (Å²) in [5.41, 5.74) is 2.63. The third-order valence-corrected chi connectivity index (χ3v) is 4.42. The molecule has 1 aromatic carbocycles. The van der Waals surface area contributed by atoms with Crippen LogP contribution in [0.25, 0.3) is 0 Å². The van der Waals surface area contributed by atoms with Gasteiger partial charge in [0.2, 0.25) is 0 Å². The fourth-order valence-electron chi connectivity index (χ4n) is 2.79. The lowest BCUT2D eigenvalue weighted by molar-refractivity contribution is -0.136. The molecule has 2 rings (SSSR count). The molecule has 0 saturated heterocycles. The van der Waals surface area contributed by atoms with Crippen molar-refractivity contribution in [1.29, 1.82) is 0 Å². The summed E-state index contributed by atoms with van der Waals surface area (Å²) in [7, 11) is 0. The number of pyridine rings is 1. The molecule has 0 fully saturated rings. The van der Waals surface area contributed by atoms with E-state index in [1.165, 1.54) is 0 Å². The number of anilines is 1. The molecule has 0 aliphatic carbocycles. The number of Topliss-reactive ketones (excluding diaryl/α,β-unsaturated/α-hetero) is 1. The van der Waals surface area contributed by atoms with Crippen molar-refractivity contribution in [2.24, 2.45) is 0 Å². The maximum Gasteiger partial charge on any atom is 0.303 e. The number of nitrogens with one attached hydrogen (secondary N) is 1. The van der Waals surface area contributed by atoms with Gasteiger partial charge in [0.05, 0.1) is 6.42 Å². The van der Waals surface area contributed by atoms with E-state index >= 15 is 0 Å². The Balaban J connectivity index is 1.53. The zero-order valence-electron chi connectivity index (χ0n) is 16.7. The minimum atomic E-state index is -0.953. The van der Waals surface area contributed by atoms with Crippen LogP contribution in [0.1, 0.15) is 61.0 Å². The number of ketones is 1. The van der Waals surface area contributed by atoms with Gasteiger partial charge < -0.3 is 10.4 Å². The Morgan fingerprint density at radius 1 is 0.931 bits per heavy atom. The smallest absolute Gasteiger partial charge is 0.303 e. The van der Waals surface area contributed by atoms with Crippen molar-refractivity contribution in [1.82, 2.24) is 4.98 Å². The average molecular weight is 392 g/mol. The molecule has 152 valence electrons. The van der Waals surface area contributed by atoms with Crippen molar-refractivity contribution >= 4 is 17.4 Å². The number of hydrogen-bond donors (Lipinski definition) is 2. The first kappa shape index (κ1) is 22.2. The highest BCUT2D eigenvalue weighted by Gasteiger charge is 2.08. The maximum atomic E-state index is 11.9. The van der Waals surface area contributed by atoms with Crippen LogP contribution in [0.5, 0.6) is 0 Å². The molecule has 0 aliphatic heterocycles. The molecule has 0 saturated carbocycles. The van der Waals surface area contributed by atoms with E-state index in [4.69, 9.17) is 5.11 Å². The highest BCUT2D eigenvalue weighted by molar-refractivity contribution is 5.97. The van der Waals surface area contributed by atoms with Crippen molar-refractivity contribution in [2.75, 3.05) is 11.9 Å². The number of aliphatic carboxylic acids is 1. The fourth-order valence-corrected chi connectivity index (χ4v) is 2.79. The van der Waals surface area contributed by atoms with Crippen LogP contribution in [0.4, 0.5) is 5.69 Å². The summed E-state index contributed by atoms with van der Waals surface area (Å²) in [6.45, 7) is 0.855. The van der Waals surface area contributed by atoms with Crippen molar-refractivity contribution in [2.45, 2.75) is 51.4 Å². The predicted molar refractivity (Wildman–Crippen MR) is 115 cm³/mol. The number of benzene rings is 1. The summed E-state index contributed by atoms with van der Waals surface area (Å²) in [6, 6.07) is 13.2. The lowest BCUT2D eigenvalue weighted by Gasteiger charge is -2.06. The molecular weight excluding hydrogens is 364 g/mol. The third-order valence-electron chi connectivity index (χ3n) is 4.42. The van der Waals surface area contributed by atoms with Crippen LogP contribution in [-0.4, -0.2) is 28.4 Å². The first-order valence-electron chi connectivity index (χ1n) is 10.1. The Labute approximate surface area is 172 Å². The fraction of sp³-hybridized carbons (Fsp3) is 0.375. The Morgan fingerprint density at radius 2 is 1.69 bits per heavy atom. The standard InChI is InChI=1S/C24H28N2O3/c27-23(16-17-24(28)29)20-12-14-22(15-13-20)26-18-8-5-3-1-2-4-6-10-21-11-7-9-19-25-21/h7,9,11-15,19,26H,3-6,8,10,16-18H2,(H,28,29). The second kappa shape index (κ2) is 13.1. The van der Waals surface area contributed by atoms with Gasteiger partial charge in [-0.2, -0.15) is 0 Å². The van der Waals surface area contributed by atoms with E-state index in [9.17, 15) is 9.59 Å². The molecule has 0 spiro atoms. The van der Waals surface area contributed by atoms with Crippen molar-refractivity contribution < 1.29 is 14.7 Å². The van der Waals surface area contributed by atoms with Crippen molar-refractivity contribution in [3.63, 3.8) is 0 Å². The van der Waals surface area contributed by atoms with Crippen LogP contribution in [0.3, 0.4) is 0 Å². The molecule has 2 N–H and O–H groups in total. The highest BCUT2D eigenvalue weighted by atomic mass is 16.4. The number of carboxylic acid groups (broad SMARTS) is 1. The van der Waals surface area contributed by atoms with E-state index in [-0.39, 0.29) is 18.6 Å². The van der Waals surface area contributed by atoms with Crippen LogP contribution >= 0.6 is 0 Å². The van der Waals surface area contributed by atoms with E-state index in [0.717, 1.165) is 56.5 Å². The number of rotatable bonds is 12. The second-order valence-electron chi connectivity index (χ2n) is 6.81. The Morgan fingerprint density at radius 3 is 2.38 bits per heavy atom. The summed E-state index contributed by atoms with van der Waals surface area (Å²) in [4.78, 5) is 26.7. The van der Waals surface area contributed by atoms with Gasteiger partial charge in [0.15, 0.2) is 5.78 Å². The zero-order valence-corrected chi connectivity index (χ0v) is 16.7. The van der Waals surface area contributed by atoms with Crippen molar-refractivity contribution in [3.8, 4) is 11.8 Å². The topological polar surface area (TPSA) is 79.3 Å². The van der Waals surface area contributed by atoms with Crippen LogP contribution in [0.15, 0.2) is 48.7 Å². The number of aromatic nitrogens is 1. The first-order chi connectivity index (χ1) is 14.1. The van der Waals surface area contributed by atoms with Gasteiger partial charge in [-0.3, -0.25) is 14.6 Å². The van der Waals surface area contributed by atoms with E-state index in [2.05, 4.69) is 22.1 Å². The summed E-state index contributed by atoms with van der Waals surface area (Å²) < 4.78 is 0. The summed E-state index contributed by atoms with van der Waals surface area (Å²) in [5, 5.41) is 12.0. The van der Waals surface area contributed by atoms with Gasteiger partial charge in [0, 0.05) is 48.9 Å². The van der Waals surface area contributed by atoms with Crippen LogP contribution < -0.4 is 5.32 Å². The minimum Gasteiger partial charge on any atom is -0.481 e. The highest BCUT2D eigenvalue weighted by Crippen LogP contribution is 2.12. The van der Waals surface area contributed by atoms with Gasteiger partial charge in [-0.05, 0) is 62.1 Å². The molecular formula is C24H28N2O3. The number of unbranched alkanes of at least 4 members (excludes halogenated alkanes) is 3. The van der Waals surface area contributed by atoms with Crippen molar-refractivity contribution in [3.05, 3.63) is 59.9 Å². The van der Waals surface area contributed by atoms with E-state index in [0.29, 0.717) is 5.56 Å². The number of carbonyl (C=O) groups is 2. The third kappa shape index (κ3) is 9.57. The van der Waals surface area contributed by atoms with Crippen LogP contribution in [-0.2, 0) is 11.2 Å². The molecule has 5 nitrogen and oxygen atoms in total. The molecule has 0 radical (unpaired) electrons. The monoisotopic (exact) mass is 392 g/mol. The lowest BCUT2D eigenvalue weighted by atomic mass is 10.1. The molecule has 1 heterocycles. The van der Waals surface area contributed by atoms with Gasteiger partial charge in [-0.1, -0.05) is 6.07 Å². The van der Waals surface area contributed by atoms with Gasteiger partial charge in [0.1, 0.15) is 0 Å². The first-order valence-corrected chi connectivity index (χ1v) is 10.1. The molecule has 0 bridgehead atoms. The lowest BCUT2D eigenvalue weighted by Crippen LogP contribution is -2.05. The second-order valence-corrected chi connectivity index (χ2v) is 6.81. The van der Waals surface area contributed by atoms with Crippen LogP contribution in [0.2, 0.25) is 0 Å². The number of carboxylic acids is 1. The van der Waals surface area contributed by atoms with Crippen LogP contribution in [0, 0.1) is 11.8 Å². The SMILES string of the molecule is O=C(O)CCC(=O)c1ccc(NCCCCC#CCCCc2ccccn2)cc1. The molecule has 0 amide bonds. The van der Waals surface area contributed by atoms with E-state index in [1.54, 1.807) is 12.1 Å². The molecule has 1 aromatic heterocycles. The van der Waals surface area contributed by atoms with Gasteiger partial charge >= 0.3 is 5.97 Å². The van der Waals surface area contributed by atoms with E-state index in [1.807, 2.05) is 36.5 Å². The summed E-state index contributed by atoms with van der Waals surface area (Å²) in [6.07, 6.45) is 7.63. The summed E-state index contributed by atoms with van der Waals surface area (Å²) in [5.74, 6) is 5.37. The minimum absolute atomic E-state index is 0.0340. The normalized spacial score (nSPS) is 10.1. The average Bonchev–Trinajstić information content (AvgIpc) is 2.74. The Bertz CT molecular complexity index is 821. The van der Waals surface area contributed by atoms with Gasteiger partial charge in [0.25, 0.3) is 0 Å². The molecule has 29 heavy (non-hydrogen) atoms. The predicted octanol–water partition coefficient (Wildman–Crippen LogP) is 4.74. The van der Waals surface area contributed by atoms with E-state index < -0.39 is 5.97 Å². The Kier molecular flexibility index (Phi) is 10.0. The molecule has 2 aromatic rings. The molecule has 5 heteroatoms.